The van der Waals surface area contributed by atoms with E-state index in [4.69, 9.17) is 27.6 Å². The first kappa shape index (κ1) is 16.6. The van der Waals surface area contributed by atoms with Gasteiger partial charge in [-0.05, 0) is 43.3 Å². The normalized spacial score (nSPS) is 10.8. The molecule has 2 heterocycles. The number of halogens is 2. The van der Waals surface area contributed by atoms with Crippen LogP contribution in [0.2, 0.25) is 10.0 Å². The van der Waals surface area contributed by atoms with Crippen LogP contribution in [0.5, 0.6) is 0 Å². The van der Waals surface area contributed by atoms with Crippen LogP contribution in [0.25, 0.3) is 5.69 Å². The molecule has 1 aromatic carbocycles. The molecule has 0 bridgehead atoms. The summed E-state index contributed by atoms with van der Waals surface area (Å²) in [6, 6.07) is 10.6. The van der Waals surface area contributed by atoms with Gasteiger partial charge in [0.25, 0.3) is 5.56 Å². The summed E-state index contributed by atoms with van der Waals surface area (Å²) in [5.74, 6) is 1.62. The summed E-state index contributed by atoms with van der Waals surface area (Å²) in [5, 5.41) is 4.90. The van der Waals surface area contributed by atoms with Crippen molar-refractivity contribution in [2.24, 2.45) is 0 Å². The molecule has 5 nitrogen and oxygen atoms in total. The van der Waals surface area contributed by atoms with Crippen molar-refractivity contribution >= 4 is 28.9 Å². The van der Waals surface area contributed by atoms with Gasteiger partial charge in [0.1, 0.15) is 16.5 Å². The van der Waals surface area contributed by atoms with E-state index < -0.39 is 0 Å². The molecule has 7 heteroatoms. The maximum absolute atomic E-state index is 12.5. The van der Waals surface area contributed by atoms with Gasteiger partial charge in [-0.1, -0.05) is 23.2 Å². The second kappa shape index (κ2) is 6.71. The van der Waals surface area contributed by atoms with E-state index in [9.17, 15) is 4.79 Å². The zero-order valence-electron chi connectivity index (χ0n) is 13.2. The predicted octanol–water partition coefficient (Wildman–Crippen LogP) is 4.08. The lowest BCUT2D eigenvalue weighted by atomic mass is 10.3. The van der Waals surface area contributed by atoms with E-state index in [1.54, 1.807) is 30.5 Å². The van der Waals surface area contributed by atoms with Crippen molar-refractivity contribution in [2.45, 2.75) is 13.5 Å². The highest BCUT2D eigenvalue weighted by Crippen LogP contribution is 2.23. The van der Waals surface area contributed by atoms with Crippen molar-refractivity contribution in [3.05, 3.63) is 74.5 Å². The monoisotopic (exact) mass is 363 g/mol. The Morgan fingerprint density at radius 2 is 1.88 bits per heavy atom. The molecule has 0 amide bonds. The van der Waals surface area contributed by atoms with Crippen molar-refractivity contribution in [1.29, 1.82) is 0 Å². The number of nitrogens with zero attached hydrogens (tertiary/aromatic N) is 3. The summed E-state index contributed by atoms with van der Waals surface area (Å²) in [6.07, 6.45) is 1.56. The lowest BCUT2D eigenvalue weighted by Gasteiger charge is -2.19. The van der Waals surface area contributed by atoms with Gasteiger partial charge in [0.05, 0.1) is 24.1 Å². The number of aromatic nitrogens is 2. The molecule has 0 saturated heterocycles. The summed E-state index contributed by atoms with van der Waals surface area (Å²) < 4.78 is 6.79. The van der Waals surface area contributed by atoms with Crippen molar-refractivity contribution in [2.75, 3.05) is 11.9 Å². The van der Waals surface area contributed by atoms with Gasteiger partial charge >= 0.3 is 0 Å². The number of anilines is 1. The number of benzene rings is 1. The second-order valence-corrected chi connectivity index (χ2v) is 6.22. The minimum absolute atomic E-state index is 0.103. The fourth-order valence-corrected chi connectivity index (χ4v) is 2.74. The smallest absolute Gasteiger partial charge is 0.292 e. The van der Waals surface area contributed by atoms with E-state index in [0.717, 1.165) is 11.5 Å². The van der Waals surface area contributed by atoms with Crippen LogP contribution in [0.15, 0.2) is 51.8 Å². The van der Waals surface area contributed by atoms with Crippen LogP contribution >= 0.6 is 23.2 Å². The lowest BCUT2D eigenvalue weighted by molar-refractivity contribution is 0.481. The van der Waals surface area contributed by atoms with Gasteiger partial charge in [0, 0.05) is 12.1 Å². The van der Waals surface area contributed by atoms with Gasteiger partial charge < -0.3 is 9.32 Å². The Morgan fingerprint density at radius 1 is 1.17 bits per heavy atom. The molecule has 24 heavy (non-hydrogen) atoms. The highest BCUT2D eigenvalue weighted by molar-refractivity contribution is 6.33. The van der Waals surface area contributed by atoms with Crippen molar-refractivity contribution in [1.82, 2.24) is 9.78 Å². The molecule has 2 aromatic heterocycles. The molecule has 0 aliphatic carbocycles. The molecule has 0 saturated carbocycles. The average Bonchev–Trinajstić information content (AvgIpc) is 2.96. The molecule has 3 aromatic rings. The van der Waals surface area contributed by atoms with Gasteiger partial charge in [0.15, 0.2) is 0 Å². The highest BCUT2D eigenvalue weighted by Gasteiger charge is 2.15. The average molecular weight is 364 g/mol. The maximum Gasteiger partial charge on any atom is 0.292 e. The third-order valence-electron chi connectivity index (χ3n) is 3.57. The van der Waals surface area contributed by atoms with Crippen LogP contribution in [-0.2, 0) is 6.54 Å². The Bertz CT molecular complexity index is 916. The Hall–Kier alpha value is -2.24. The zero-order valence-corrected chi connectivity index (χ0v) is 14.7. The largest absolute Gasteiger partial charge is 0.464 e. The molecule has 0 N–H and O–H groups in total. The summed E-state index contributed by atoms with van der Waals surface area (Å²) in [6.45, 7) is 2.37. The van der Waals surface area contributed by atoms with Crippen molar-refractivity contribution < 1.29 is 4.42 Å². The standard InChI is InChI=1S/C17H15Cl2N3O2/c1-11-3-8-14(24-11)10-21(2)15-9-20-22(17(23)16(15)19)13-6-4-12(18)5-7-13/h3-9H,10H2,1-2H3. The fourth-order valence-electron chi connectivity index (χ4n) is 2.35. The molecular formula is C17H15Cl2N3O2. The molecule has 0 atom stereocenters. The van der Waals surface area contributed by atoms with Crippen LogP contribution in [-0.4, -0.2) is 16.8 Å². The van der Waals surface area contributed by atoms with E-state index in [1.807, 2.05) is 31.0 Å². The molecule has 0 aliphatic heterocycles. The minimum atomic E-state index is -0.390. The first-order chi connectivity index (χ1) is 11.5. The van der Waals surface area contributed by atoms with Crippen LogP contribution in [0.4, 0.5) is 5.69 Å². The summed E-state index contributed by atoms with van der Waals surface area (Å²) >= 11 is 12.1. The molecule has 3 rings (SSSR count). The first-order valence-corrected chi connectivity index (χ1v) is 8.01. The highest BCUT2D eigenvalue weighted by atomic mass is 35.5. The first-order valence-electron chi connectivity index (χ1n) is 7.26. The SMILES string of the molecule is Cc1ccc(CN(C)c2cnn(-c3ccc(Cl)cc3)c(=O)c2Cl)o1. The number of rotatable bonds is 4. The number of hydrogen-bond acceptors (Lipinski definition) is 4. The van der Waals surface area contributed by atoms with E-state index in [0.29, 0.717) is 22.9 Å². The molecule has 0 fully saturated rings. The van der Waals surface area contributed by atoms with Gasteiger partial charge in [-0.15, -0.1) is 0 Å². The van der Waals surface area contributed by atoms with E-state index in [-0.39, 0.29) is 10.6 Å². The van der Waals surface area contributed by atoms with Gasteiger partial charge in [-0.2, -0.15) is 9.78 Å². The molecule has 0 unspecified atom stereocenters. The topological polar surface area (TPSA) is 51.3 Å². The van der Waals surface area contributed by atoms with Gasteiger partial charge in [-0.25, -0.2) is 0 Å². The van der Waals surface area contributed by atoms with E-state index in [2.05, 4.69) is 5.10 Å². The molecule has 0 spiro atoms. The summed E-state index contributed by atoms with van der Waals surface area (Å²) in [4.78, 5) is 14.3. The van der Waals surface area contributed by atoms with Crippen LogP contribution in [0.1, 0.15) is 11.5 Å². The quantitative estimate of drug-likeness (QED) is 0.700. The summed E-state index contributed by atoms with van der Waals surface area (Å²) in [5.41, 5.74) is 0.752. The van der Waals surface area contributed by atoms with Crippen molar-refractivity contribution in [3.8, 4) is 5.69 Å². The molecular weight excluding hydrogens is 349 g/mol. The van der Waals surface area contributed by atoms with E-state index >= 15 is 0 Å². The number of furan rings is 1. The molecule has 0 aliphatic rings. The number of aryl methyl sites for hydroxylation is 1. The predicted molar refractivity (Wildman–Crippen MR) is 95.4 cm³/mol. The fraction of sp³-hybridized carbons (Fsp3) is 0.176. The third kappa shape index (κ3) is 3.32. The van der Waals surface area contributed by atoms with Gasteiger partial charge in [0.2, 0.25) is 0 Å². The number of hydrogen-bond donors (Lipinski definition) is 0. The maximum atomic E-state index is 12.5. The van der Waals surface area contributed by atoms with E-state index in [1.165, 1.54) is 4.68 Å². The second-order valence-electron chi connectivity index (χ2n) is 5.41. The Morgan fingerprint density at radius 3 is 2.50 bits per heavy atom. The summed E-state index contributed by atoms with van der Waals surface area (Å²) in [7, 11) is 1.83. The lowest BCUT2D eigenvalue weighted by Crippen LogP contribution is -2.26. The minimum Gasteiger partial charge on any atom is -0.464 e. The van der Waals surface area contributed by atoms with Crippen LogP contribution in [0.3, 0.4) is 0 Å². The van der Waals surface area contributed by atoms with Crippen molar-refractivity contribution in [3.63, 3.8) is 0 Å². The molecule has 0 radical (unpaired) electrons. The van der Waals surface area contributed by atoms with Crippen LogP contribution < -0.4 is 10.5 Å². The zero-order chi connectivity index (χ0) is 17.3. The Labute approximate surface area is 149 Å². The van der Waals surface area contributed by atoms with Crippen LogP contribution in [0, 0.1) is 6.92 Å². The van der Waals surface area contributed by atoms with Gasteiger partial charge in [-0.3, -0.25) is 4.79 Å². The Kier molecular flexibility index (Phi) is 4.64. The Balaban J connectivity index is 1.92. The molecule has 124 valence electrons. The third-order valence-corrected chi connectivity index (χ3v) is 4.18.